The Bertz CT molecular complexity index is 2120. The average Bonchev–Trinajstić information content (AvgIpc) is 3.44. The van der Waals surface area contributed by atoms with Gasteiger partial charge in [-0.1, -0.05) is 109 Å². The smallest absolute Gasteiger partial charge is 0.145 e. The Balaban J connectivity index is 1.35. The summed E-state index contributed by atoms with van der Waals surface area (Å²) in [6, 6.07) is 49.3. The van der Waals surface area contributed by atoms with E-state index in [-0.39, 0.29) is 0 Å². The highest BCUT2D eigenvalue weighted by atomic mass is 15.1. The normalized spacial score (nSPS) is 11.4. The van der Waals surface area contributed by atoms with E-state index < -0.39 is 0 Å². The number of benzene rings is 6. The molecule has 41 heavy (non-hydrogen) atoms. The Morgan fingerprint density at radius 1 is 0.439 bits per heavy atom. The summed E-state index contributed by atoms with van der Waals surface area (Å²) in [5, 5.41) is 4.92. The van der Waals surface area contributed by atoms with E-state index in [4.69, 9.17) is 4.98 Å². The maximum atomic E-state index is 5.02. The summed E-state index contributed by atoms with van der Waals surface area (Å²) in [7, 11) is 0. The van der Waals surface area contributed by atoms with E-state index in [0.717, 1.165) is 33.7 Å². The van der Waals surface area contributed by atoms with Crippen LogP contribution < -0.4 is 0 Å². The number of pyridine rings is 1. The van der Waals surface area contributed by atoms with E-state index in [1.54, 1.807) is 0 Å². The zero-order valence-electron chi connectivity index (χ0n) is 22.3. The first-order chi connectivity index (χ1) is 20.4. The average molecular weight is 524 g/mol. The Morgan fingerprint density at radius 2 is 1.00 bits per heavy atom. The van der Waals surface area contributed by atoms with Crippen molar-refractivity contribution in [3.05, 3.63) is 152 Å². The van der Waals surface area contributed by atoms with E-state index in [9.17, 15) is 0 Å². The molecule has 3 heteroatoms. The number of rotatable bonds is 4. The summed E-state index contributed by atoms with van der Waals surface area (Å²) in [4.78, 5) is 9.45. The number of imidazole rings is 1. The molecule has 0 aliphatic rings. The van der Waals surface area contributed by atoms with Crippen molar-refractivity contribution in [1.82, 2.24) is 14.5 Å². The van der Waals surface area contributed by atoms with Crippen LogP contribution in [0.1, 0.15) is 0 Å². The molecule has 0 bridgehead atoms. The van der Waals surface area contributed by atoms with Gasteiger partial charge in [-0.3, -0.25) is 9.55 Å². The molecule has 3 nitrogen and oxygen atoms in total. The molecule has 0 saturated carbocycles. The van der Waals surface area contributed by atoms with Crippen LogP contribution in [0.2, 0.25) is 0 Å². The number of hydrogen-bond acceptors (Lipinski definition) is 2. The van der Waals surface area contributed by atoms with Crippen LogP contribution in [0, 0.1) is 0 Å². The summed E-state index contributed by atoms with van der Waals surface area (Å²) in [6.45, 7) is 0. The minimum Gasteiger partial charge on any atom is -0.292 e. The molecule has 8 aromatic rings. The molecule has 0 fully saturated rings. The van der Waals surface area contributed by atoms with Gasteiger partial charge in [-0.2, -0.15) is 0 Å². The van der Waals surface area contributed by atoms with Crippen molar-refractivity contribution in [3.63, 3.8) is 0 Å². The number of fused-ring (bicyclic) bond motifs is 3. The van der Waals surface area contributed by atoms with Crippen LogP contribution in [0.25, 0.3) is 71.9 Å². The first kappa shape index (κ1) is 23.4. The van der Waals surface area contributed by atoms with Crippen molar-refractivity contribution >= 4 is 32.6 Å². The van der Waals surface area contributed by atoms with Crippen LogP contribution in [0.5, 0.6) is 0 Å². The van der Waals surface area contributed by atoms with Gasteiger partial charge < -0.3 is 0 Å². The minimum atomic E-state index is 0.941. The van der Waals surface area contributed by atoms with Gasteiger partial charge in [-0.25, -0.2) is 4.98 Å². The van der Waals surface area contributed by atoms with E-state index >= 15 is 0 Å². The Labute approximate surface area is 238 Å². The Morgan fingerprint density at radius 3 is 1.63 bits per heavy atom. The lowest BCUT2D eigenvalue weighted by molar-refractivity contribution is 1.10. The zero-order chi connectivity index (χ0) is 27.2. The van der Waals surface area contributed by atoms with Gasteiger partial charge in [-0.15, -0.1) is 0 Å². The number of para-hydroxylation sites is 2. The molecule has 6 aromatic carbocycles. The van der Waals surface area contributed by atoms with Gasteiger partial charge >= 0.3 is 0 Å². The van der Waals surface area contributed by atoms with Gasteiger partial charge in [-0.05, 0) is 68.6 Å². The Kier molecular flexibility index (Phi) is 5.46. The van der Waals surface area contributed by atoms with Crippen LogP contribution in [-0.4, -0.2) is 14.5 Å². The zero-order valence-corrected chi connectivity index (χ0v) is 22.3. The van der Waals surface area contributed by atoms with Crippen molar-refractivity contribution in [1.29, 1.82) is 0 Å². The standard InChI is InChI=1S/C38H25N3/c1-2-11-27(12-3-1)38-40-34-18-8-9-19-35(34)41(38)29-22-20-26(21-23-29)36-30-14-4-6-16-32(30)37(28-13-10-24-39-25-28)33-17-7-5-15-31(33)36/h1-25H. The fourth-order valence-electron chi connectivity index (χ4n) is 6.11. The highest BCUT2D eigenvalue weighted by molar-refractivity contribution is 6.21. The second kappa shape index (κ2) is 9.58. The van der Waals surface area contributed by atoms with Crippen molar-refractivity contribution in [2.75, 3.05) is 0 Å². The highest BCUT2D eigenvalue weighted by Gasteiger charge is 2.18. The fourth-order valence-corrected chi connectivity index (χ4v) is 6.11. The monoisotopic (exact) mass is 523 g/mol. The van der Waals surface area contributed by atoms with Gasteiger partial charge in [0.05, 0.1) is 11.0 Å². The summed E-state index contributed by atoms with van der Waals surface area (Å²) >= 11 is 0. The molecule has 2 heterocycles. The molecular weight excluding hydrogens is 498 g/mol. The molecule has 2 aromatic heterocycles. The SMILES string of the molecule is c1ccc(-c2nc3ccccc3n2-c2ccc(-c3c4ccccc4c(-c4cccnc4)c4ccccc34)cc2)cc1. The maximum absolute atomic E-state index is 5.02. The van der Waals surface area contributed by atoms with Crippen molar-refractivity contribution in [2.45, 2.75) is 0 Å². The highest BCUT2D eigenvalue weighted by Crippen LogP contribution is 2.43. The van der Waals surface area contributed by atoms with E-state index in [2.05, 4.69) is 131 Å². The minimum absolute atomic E-state index is 0.941. The number of nitrogens with zero attached hydrogens (tertiary/aromatic N) is 3. The number of aromatic nitrogens is 3. The fraction of sp³-hybridized carbons (Fsp3) is 0. The second-order valence-corrected chi connectivity index (χ2v) is 10.3. The van der Waals surface area contributed by atoms with Crippen LogP contribution in [-0.2, 0) is 0 Å². The van der Waals surface area contributed by atoms with E-state index in [0.29, 0.717) is 0 Å². The van der Waals surface area contributed by atoms with Crippen molar-refractivity contribution in [3.8, 4) is 39.3 Å². The lowest BCUT2D eigenvalue weighted by Gasteiger charge is -2.18. The molecule has 8 rings (SSSR count). The van der Waals surface area contributed by atoms with Crippen LogP contribution in [0.4, 0.5) is 0 Å². The van der Waals surface area contributed by atoms with E-state index in [1.807, 2.05) is 30.6 Å². The summed E-state index contributed by atoms with van der Waals surface area (Å²) in [5.41, 5.74) is 9.04. The van der Waals surface area contributed by atoms with Gasteiger partial charge in [0.15, 0.2) is 0 Å². The molecule has 0 spiro atoms. The molecule has 0 saturated heterocycles. The molecule has 0 unspecified atom stereocenters. The van der Waals surface area contributed by atoms with Crippen molar-refractivity contribution in [2.24, 2.45) is 0 Å². The summed E-state index contributed by atoms with van der Waals surface area (Å²) < 4.78 is 2.26. The van der Waals surface area contributed by atoms with Crippen molar-refractivity contribution < 1.29 is 0 Å². The first-order valence-corrected chi connectivity index (χ1v) is 13.8. The molecule has 0 atom stereocenters. The quantitative estimate of drug-likeness (QED) is 0.215. The molecule has 0 radical (unpaired) electrons. The largest absolute Gasteiger partial charge is 0.292 e. The summed E-state index contributed by atoms with van der Waals surface area (Å²) in [5.74, 6) is 0.941. The molecule has 0 amide bonds. The molecule has 0 aliphatic carbocycles. The van der Waals surface area contributed by atoms with Crippen LogP contribution in [0.15, 0.2) is 152 Å². The Hall–Kier alpha value is -5.54. The first-order valence-electron chi connectivity index (χ1n) is 13.8. The van der Waals surface area contributed by atoms with Crippen LogP contribution >= 0.6 is 0 Å². The topological polar surface area (TPSA) is 30.7 Å². The van der Waals surface area contributed by atoms with Gasteiger partial charge in [0.1, 0.15) is 5.82 Å². The van der Waals surface area contributed by atoms with Crippen LogP contribution in [0.3, 0.4) is 0 Å². The lowest BCUT2D eigenvalue weighted by Crippen LogP contribution is -1.98. The maximum Gasteiger partial charge on any atom is 0.145 e. The molecule has 192 valence electrons. The van der Waals surface area contributed by atoms with Gasteiger partial charge in [0.2, 0.25) is 0 Å². The molecule has 0 aliphatic heterocycles. The third-order valence-electron chi connectivity index (χ3n) is 7.89. The third kappa shape index (κ3) is 3.82. The van der Waals surface area contributed by atoms with E-state index in [1.165, 1.54) is 38.2 Å². The van der Waals surface area contributed by atoms with Gasteiger partial charge in [0.25, 0.3) is 0 Å². The lowest BCUT2D eigenvalue weighted by atomic mass is 9.86. The second-order valence-electron chi connectivity index (χ2n) is 10.3. The predicted octanol–water partition coefficient (Wildman–Crippen LogP) is 9.73. The summed E-state index contributed by atoms with van der Waals surface area (Å²) in [6.07, 6.45) is 3.79. The molecule has 0 N–H and O–H groups in total. The third-order valence-corrected chi connectivity index (χ3v) is 7.89. The predicted molar refractivity (Wildman–Crippen MR) is 170 cm³/mol. The van der Waals surface area contributed by atoms with Gasteiger partial charge in [0, 0.05) is 29.2 Å². The molecular formula is C38H25N3. The number of hydrogen-bond donors (Lipinski definition) is 0.